The van der Waals surface area contributed by atoms with E-state index in [1.54, 1.807) is 0 Å². The number of rotatable bonds is 4. The topological polar surface area (TPSA) is 43.1 Å². The van der Waals surface area contributed by atoms with Gasteiger partial charge >= 0.3 is 0 Å². The molecule has 0 aromatic heterocycles. The molecule has 0 amide bonds. The highest BCUT2D eigenvalue weighted by atomic mass is 127. The van der Waals surface area contributed by atoms with Crippen molar-refractivity contribution in [3.63, 3.8) is 0 Å². The number of benzene rings is 1. The van der Waals surface area contributed by atoms with Crippen LogP contribution in [-0.2, 0) is 11.2 Å². The molecule has 2 nitrogen and oxygen atoms in total. The van der Waals surface area contributed by atoms with Gasteiger partial charge in [-0.15, -0.1) is 0 Å². The van der Waals surface area contributed by atoms with Gasteiger partial charge in [0.2, 0.25) is 0 Å². The molecule has 1 atom stereocenters. The Labute approximate surface area is 104 Å². The smallest absolute Gasteiger partial charge is 0.152 e. The minimum Gasteiger partial charge on any atom is -0.321 e. The predicted octanol–water partition coefficient (Wildman–Crippen LogP) is 2.39. The van der Waals surface area contributed by atoms with Crippen LogP contribution in [0, 0.1) is 9.49 Å². The molecule has 1 aromatic carbocycles. The lowest BCUT2D eigenvalue weighted by atomic mass is 9.97. The molecular formula is C12H16INO. The molecule has 0 aliphatic carbocycles. The summed E-state index contributed by atoms with van der Waals surface area (Å²) >= 11 is 2.26. The summed E-state index contributed by atoms with van der Waals surface area (Å²) in [4.78, 5) is 11.6. The van der Waals surface area contributed by atoms with E-state index in [2.05, 4.69) is 22.6 Å². The summed E-state index contributed by atoms with van der Waals surface area (Å²) < 4.78 is 1.19. The van der Waals surface area contributed by atoms with Gasteiger partial charge in [-0.25, -0.2) is 0 Å². The molecule has 0 aliphatic heterocycles. The average molecular weight is 317 g/mol. The normalized spacial score (nSPS) is 12.9. The average Bonchev–Trinajstić information content (AvgIpc) is 2.20. The summed E-state index contributed by atoms with van der Waals surface area (Å²) in [5.74, 6) is 0.150. The lowest BCUT2D eigenvalue weighted by Crippen LogP contribution is -2.35. The zero-order valence-electron chi connectivity index (χ0n) is 9.03. The summed E-state index contributed by atoms with van der Waals surface area (Å²) in [6.45, 7) is 3.77. The largest absolute Gasteiger partial charge is 0.321 e. The third kappa shape index (κ3) is 3.91. The van der Waals surface area contributed by atoms with Crippen molar-refractivity contribution in [2.75, 3.05) is 0 Å². The van der Waals surface area contributed by atoms with Crippen molar-refractivity contribution in [3.8, 4) is 0 Å². The first-order valence-corrected chi connectivity index (χ1v) is 6.12. The van der Waals surface area contributed by atoms with Gasteiger partial charge in [0.1, 0.15) is 0 Å². The molecular weight excluding hydrogens is 301 g/mol. The minimum atomic E-state index is -0.370. The lowest BCUT2D eigenvalue weighted by Gasteiger charge is -2.12. The van der Waals surface area contributed by atoms with Crippen LogP contribution in [0.1, 0.15) is 19.4 Å². The number of carbonyl (C=O) groups is 1. The van der Waals surface area contributed by atoms with Crippen molar-refractivity contribution >= 4 is 28.4 Å². The third-order valence-corrected chi connectivity index (χ3v) is 3.02. The summed E-state index contributed by atoms with van der Waals surface area (Å²) in [7, 11) is 0. The van der Waals surface area contributed by atoms with Crippen LogP contribution in [-0.4, -0.2) is 11.8 Å². The van der Waals surface area contributed by atoms with Crippen molar-refractivity contribution in [2.24, 2.45) is 11.7 Å². The molecule has 1 aromatic rings. The maximum Gasteiger partial charge on any atom is 0.152 e. The van der Waals surface area contributed by atoms with E-state index < -0.39 is 0 Å². The predicted molar refractivity (Wildman–Crippen MR) is 70.7 cm³/mol. The molecule has 15 heavy (non-hydrogen) atoms. The fourth-order valence-corrected chi connectivity index (χ4v) is 1.76. The molecule has 0 saturated heterocycles. The Kier molecular flexibility index (Phi) is 4.73. The number of ketones is 1. The third-order valence-electron chi connectivity index (χ3n) is 2.30. The Morgan fingerprint density at radius 2 is 1.87 bits per heavy atom. The van der Waals surface area contributed by atoms with Gasteiger partial charge in [0.15, 0.2) is 5.78 Å². The Balaban J connectivity index is 2.62. The summed E-state index contributed by atoms with van der Waals surface area (Å²) in [6.07, 6.45) is 0.633. The molecule has 0 saturated carbocycles. The standard InChI is InChI=1S/C12H16INO/c1-8(2)12(15)11(14)7-9-3-5-10(13)6-4-9/h3-6,8,11H,7,14H2,1-2H3/t11-/m1/s1. The van der Waals surface area contributed by atoms with Crippen molar-refractivity contribution in [2.45, 2.75) is 26.3 Å². The zero-order chi connectivity index (χ0) is 11.4. The second kappa shape index (κ2) is 5.61. The van der Waals surface area contributed by atoms with Crippen LogP contribution in [0.25, 0.3) is 0 Å². The second-order valence-electron chi connectivity index (χ2n) is 3.99. The first kappa shape index (κ1) is 12.6. The molecule has 1 rings (SSSR count). The van der Waals surface area contributed by atoms with Crippen LogP contribution in [0.15, 0.2) is 24.3 Å². The fourth-order valence-electron chi connectivity index (χ4n) is 1.40. The first-order chi connectivity index (χ1) is 7.00. The highest BCUT2D eigenvalue weighted by molar-refractivity contribution is 14.1. The summed E-state index contributed by atoms with van der Waals surface area (Å²) in [6, 6.07) is 7.74. The monoisotopic (exact) mass is 317 g/mol. The number of Topliss-reactive ketones (excluding diaryl/α,β-unsaturated/α-hetero) is 1. The van der Waals surface area contributed by atoms with Crippen LogP contribution in [0.2, 0.25) is 0 Å². The summed E-state index contributed by atoms with van der Waals surface area (Å²) in [5.41, 5.74) is 6.96. The minimum absolute atomic E-state index is 0.0175. The molecule has 82 valence electrons. The van der Waals surface area contributed by atoms with Crippen molar-refractivity contribution < 1.29 is 4.79 Å². The van der Waals surface area contributed by atoms with Crippen molar-refractivity contribution in [1.82, 2.24) is 0 Å². The van der Waals surface area contributed by atoms with Gasteiger partial charge in [-0.05, 0) is 46.7 Å². The van der Waals surface area contributed by atoms with Crippen molar-refractivity contribution in [3.05, 3.63) is 33.4 Å². The number of hydrogen-bond acceptors (Lipinski definition) is 2. The fraction of sp³-hybridized carbons (Fsp3) is 0.417. The quantitative estimate of drug-likeness (QED) is 0.867. The van der Waals surface area contributed by atoms with E-state index in [-0.39, 0.29) is 17.7 Å². The molecule has 0 bridgehead atoms. The van der Waals surface area contributed by atoms with Crippen LogP contribution in [0.3, 0.4) is 0 Å². The highest BCUT2D eigenvalue weighted by Gasteiger charge is 2.16. The van der Waals surface area contributed by atoms with Gasteiger partial charge < -0.3 is 5.73 Å². The number of hydrogen-bond donors (Lipinski definition) is 1. The number of halogens is 1. The second-order valence-corrected chi connectivity index (χ2v) is 5.24. The molecule has 2 N–H and O–H groups in total. The molecule has 0 radical (unpaired) electrons. The maximum absolute atomic E-state index is 11.6. The van der Waals surface area contributed by atoms with Gasteiger partial charge in [-0.3, -0.25) is 4.79 Å². The van der Waals surface area contributed by atoms with Crippen LogP contribution in [0.4, 0.5) is 0 Å². The Morgan fingerprint density at radius 3 is 2.33 bits per heavy atom. The van der Waals surface area contributed by atoms with Crippen LogP contribution < -0.4 is 5.73 Å². The van der Waals surface area contributed by atoms with E-state index in [4.69, 9.17) is 5.73 Å². The Morgan fingerprint density at radius 1 is 1.33 bits per heavy atom. The van der Waals surface area contributed by atoms with E-state index in [0.29, 0.717) is 6.42 Å². The molecule has 0 unspecified atom stereocenters. The molecule has 3 heteroatoms. The van der Waals surface area contributed by atoms with E-state index in [9.17, 15) is 4.79 Å². The van der Waals surface area contributed by atoms with Gasteiger partial charge in [-0.1, -0.05) is 26.0 Å². The van der Waals surface area contributed by atoms with Crippen LogP contribution >= 0.6 is 22.6 Å². The van der Waals surface area contributed by atoms with E-state index in [1.807, 2.05) is 38.1 Å². The number of nitrogens with two attached hydrogens (primary N) is 1. The zero-order valence-corrected chi connectivity index (χ0v) is 11.2. The van der Waals surface area contributed by atoms with E-state index in [1.165, 1.54) is 3.57 Å². The first-order valence-electron chi connectivity index (χ1n) is 5.04. The summed E-state index contributed by atoms with van der Waals surface area (Å²) in [5, 5.41) is 0. The van der Waals surface area contributed by atoms with Crippen molar-refractivity contribution in [1.29, 1.82) is 0 Å². The maximum atomic E-state index is 11.6. The van der Waals surface area contributed by atoms with Gasteiger partial charge in [0.05, 0.1) is 6.04 Å². The van der Waals surface area contributed by atoms with Crippen LogP contribution in [0.5, 0.6) is 0 Å². The molecule has 0 fully saturated rings. The molecule has 0 spiro atoms. The highest BCUT2D eigenvalue weighted by Crippen LogP contribution is 2.10. The Bertz CT molecular complexity index is 332. The number of carbonyl (C=O) groups excluding carboxylic acids is 1. The molecule has 0 aliphatic rings. The van der Waals surface area contributed by atoms with E-state index in [0.717, 1.165) is 5.56 Å². The molecule has 0 heterocycles. The van der Waals surface area contributed by atoms with Gasteiger partial charge in [0, 0.05) is 9.49 Å². The Hall–Kier alpha value is -0.420. The lowest BCUT2D eigenvalue weighted by molar-refractivity contribution is -0.123. The SMILES string of the molecule is CC(C)C(=O)[C@H](N)Cc1ccc(I)cc1. The van der Waals surface area contributed by atoms with Gasteiger partial charge in [-0.2, -0.15) is 0 Å². The van der Waals surface area contributed by atoms with Gasteiger partial charge in [0.25, 0.3) is 0 Å². The van der Waals surface area contributed by atoms with E-state index >= 15 is 0 Å².